The van der Waals surface area contributed by atoms with E-state index in [1.165, 1.54) is 0 Å². The van der Waals surface area contributed by atoms with Crippen LogP contribution in [0.1, 0.15) is 5.56 Å². The van der Waals surface area contributed by atoms with Gasteiger partial charge in [-0.3, -0.25) is 10.1 Å². The molecule has 0 saturated carbocycles. The van der Waals surface area contributed by atoms with Crippen LogP contribution in [0.15, 0.2) is 42.5 Å². The predicted octanol–water partition coefficient (Wildman–Crippen LogP) is 3.86. The van der Waals surface area contributed by atoms with Crippen molar-refractivity contribution in [2.24, 2.45) is 0 Å². The molecule has 5 nitrogen and oxygen atoms in total. The Bertz CT molecular complexity index is 647. The van der Waals surface area contributed by atoms with E-state index in [0.29, 0.717) is 12.2 Å². The fourth-order valence-electron chi connectivity index (χ4n) is 2.05. The molecule has 0 bridgehead atoms. The fourth-order valence-corrected chi connectivity index (χ4v) is 2.52. The van der Waals surface area contributed by atoms with Crippen LogP contribution in [0.4, 0.5) is 11.4 Å². The number of hydrogen-bond donors (Lipinski definition) is 1. The number of benzene rings is 2. The molecule has 0 unspecified atom stereocenters. The highest BCUT2D eigenvalue weighted by atomic mass is 127. The second-order valence-electron chi connectivity index (χ2n) is 4.41. The third kappa shape index (κ3) is 4.07. The lowest BCUT2D eigenvalue weighted by Gasteiger charge is -2.10. The number of methoxy groups -OCH3 is 1. The molecule has 1 N–H and O–H groups in total. The molecule has 0 aliphatic carbocycles. The quantitative estimate of drug-likeness (QED) is 0.456. The molecule has 110 valence electrons. The van der Waals surface area contributed by atoms with Crippen molar-refractivity contribution in [2.45, 2.75) is 6.42 Å². The van der Waals surface area contributed by atoms with Gasteiger partial charge in [0.15, 0.2) is 0 Å². The molecule has 2 rings (SSSR count). The summed E-state index contributed by atoms with van der Waals surface area (Å²) in [4.78, 5) is 10.7. The van der Waals surface area contributed by atoms with Gasteiger partial charge >= 0.3 is 0 Å². The maximum absolute atomic E-state index is 11.0. The molecule has 2 aromatic rings. The summed E-state index contributed by atoms with van der Waals surface area (Å²) in [6.45, 7) is 0.599. The number of ether oxygens (including phenoxy) is 1. The van der Waals surface area contributed by atoms with Gasteiger partial charge in [-0.2, -0.15) is 0 Å². The minimum Gasteiger partial charge on any atom is -0.496 e. The minimum absolute atomic E-state index is 0.0990. The van der Waals surface area contributed by atoms with Crippen molar-refractivity contribution in [1.82, 2.24) is 0 Å². The van der Waals surface area contributed by atoms with Crippen LogP contribution in [0.3, 0.4) is 0 Å². The van der Waals surface area contributed by atoms with Crippen LogP contribution in [-0.4, -0.2) is 18.6 Å². The van der Waals surface area contributed by atoms with Gasteiger partial charge < -0.3 is 10.1 Å². The Kier molecular flexibility index (Phi) is 5.38. The molecular weight excluding hydrogens is 383 g/mol. The Morgan fingerprint density at radius 2 is 2.05 bits per heavy atom. The zero-order valence-electron chi connectivity index (χ0n) is 11.5. The van der Waals surface area contributed by atoms with E-state index in [4.69, 9.17) is 4.74 Å². The van der Waals surface area contributed by atoms with Gasteiger partial charge in [0.2, 0.25) is 0 Å². The second kappa shape index (κ2) is 7.26. The summed E-state index contributed by atoms with van der Waals surface area (Å²) in [5.41, 5.74) is 1.71. The van der Waals surface area contributed by atoms with Crippen LogP contribution in [0.5, 0.6) is 5.75 Å². The molecule has 0 radical (unpaired) electrons. The number of nitrogens with one attached hydrogen (secondary N) is 1. The van der Waals surface area contributed by atoms with Crippen molar-refractivity contribution < 1.29 is 9.66 Å². The van der Waals surface area contributed by atoms with Crippen LogP contribution in [0, 0.1) is 13.7 Å². The summed E-state index contributed by atoms with van der Waals surface area (Å²) in [6.07, 6.45) is 0.729. The Morgan fingerprint density at radius 3 is 2.76 bits per heavy atom. The van der Waals surface area contributed by atoms with Gasteiger partial charge in [-0.25, -0.2) is 0 Å². The molecule has 0 heterocycles. The number of rotatable bonds is 6. The highest BCUT2D eigenvalue weighted by molar-refractivity contribution is 14.1. The molecule has 0 aromatic heterocycles. The van der Waals surface area contributed by atoms with Gasteiger partial charge in [-0.15, -0.1) is 0 Å². The van der Waals surface area contributed by atoms with Gasteiger partial charge in [0.1, 0.15) is 11.4 Å². The zero-order valence-corrected chi connectivity index (χ0v) is 13.7. The third-order valence-electron chi connectivity index (χ3n) is 3.06. The Morgan fingerprint density at radius 1 is 1.29 bits per heavy atom. The lowest BCUT2D eigenvalue weighted by atomic mass is 10.1. The second-order valence-corrected chi connectivity index (χ2v) is 5.65. The standard InChI is InChI=1S/C15H15IN2O3/c1-21-15-5-3-2-4-11(15)8-9-17-13-7-6-12(16)10-14(13)18(19)20/h2-7,10,17H,8-9H2,1H3. The molecule has 6 heteroatoms. The van der Waals surface area contributed by atoms with Gasteiger partial charge in [0.25, 0.3) is 5.69 Å². The average Bonchev–Trinajstić information content (AvgIpc) is 2.49. The molecule has 0 aliphatic heterocycles. The Labute approximate surface area is 136 Å². The summed E-state index contributed by atoms with van der Waals surface area (Å²) in [7, 11) is 1.64. The van der Waals surface area contributed by atoms with E-state index in [0.717, 1.165) is 21.3 Å². The highest BCUT2D eigenvalue weighted by Crippen LogP contribution is 2.26. The number of hydrogen-bond acceptors (Lipinski definition) is 4. The molecule has 0 amide bonds. The number of nitrogens with zero attached hydrogens (tertiary/aromatic N) is 1. The van der Waals surface area contributed by atoms with Crippen molar-refractivity contribution in [3.63, 3.8) is 0 Å². The van der Waals surface area contributed by atoms with E-state index in [1.54, 1.807) is 19.2 Å². The molecule has 2 aromatic carbocycles. The van der Waals surface area contributed by atoms with Crippen molar-refractivity contribution in [3.8, 4) is 5.75 Å². The summed E-state index contributed by atoms with van der Waals surface area (Å²) in [6, 6.07) is 12.9. The monoisotopic (exact) mass is 398 g/mol. The van der Waals surface area contributed by atoms with Crippen LogP contribution in [0.2, 0.25) is 0 Å². The Balaban J connectivity index is 2.05. The SMILES string of the molecule is COc1ccccc1CCNc1ccc(I)cc1[N+](=O)[O-]. The fraction of sp³-hybridized carbons (Fsp3) is 0.200. The molecule has 0 aliphatic rings. The van der Waals surface area contributed by atoms with Gasteiger partial charge in [0.05, 0.1) is 12.0 Å². The van der Waals surface area contributed by atoms with Crippen molar-refractivity contribution >= 4 is 34.0 Å². The number of para-hydroxylation sites is 1. The Hall–Kier alpha value is -1.83. The first-order chi connectivity index (χ1) is 10.1. The van der Waals surface area contributed by atoms with E-state index in [-0.39, 0.29) is 10.6 Å². The van der Waals surface area contributed by atoms with Gasteiger partial charge in [-0.05, 0) is 52.8 Å². The minimum atomic E-state index is -0.367. The van der Waals surface area contributed by atoms with Crippen molar-refractivity contribution in [2.75, 3.05) is 19.0 Å². The zero-order chi connectivity index (χ0) is 15.2. The predicted molar refractivity (Wildman–Crippen MR) is 91.0 cm³/mol. The maximum atomic E-state index is 11.0. The molecule has 0 fully saturated rings. The summed E-state index contributed by atoms with van der Waals surface area (Å²) in [5, 5.41) is 14.2. The summed E-state index contributed by atoms with van der Waals surface area (Å²) < 4.78 is 6.13. The number of nitro groups is 1. The first-order valence-corrected chi connectivity index (χ1v) is 7.49. The molecular formula is C15H15IN2O3. The van der Waals surface area contributed by atoms with Crippen molar-refractivity contribution in [3.05, 3.63) is 61.7 Å². The van der Waals surface area contributed by atoms with E-state index in [9.17, 15) is 10.1 Å². The first kappa shape index (κ1) is 15.6. The number of anilines is 1. The van der Waals surface area contributed by atoms with Crippen LogP contribution in [-0.2, 0) is 6.42 Å². The maximum Gasteiger partial charge on any atom is 0.293 e. The lowest BCUT2D eigenvalue weighted by molar-refractivity contribution is -0.384. The van der Waals surface area contributed by atoms with Crippen LogP contribution < -0.4 is 10.1 Å². The number of nitro benzene ring substituents is 1. The van der Waals surface area contributed by atoms with Crippen LogP contribution in [0.25, 0.3) is 0 Å². The summed E-state index contributed by atoms with van der Waals surface area (Å²) >= 11 is 2.06. The van der Waals surface area contributed by atoms with E-state index in [1.807, 2.05) is 30.3 Å². The third-order valence-corrected chi connectivity index (χ3v) is 3.73. The smallest absolute Gasteiger partial charge is 0.293 e. The lowest BCUT2D eigenvalue weighted by Crippen LogP contribution is -2.07. The molecule has 0 saturated heterocycles. The largest absolute Gasteiger partial charge is 0.496 e. The average molecular weight is 398 g/mol. The highest BCUT2D eigenvalue weighted by Gasteiger charge is 2.13. The van der Waals surface area contributed by atoms with E-state index < -0.39 is 0 Å². The molecule has 0 atom stereocenters. The van der Waals surface area contributed by atoms with Crippen molar-refractivity contribution in [1.29, 1.82) is 0 Å². The van der Waals surface area contributed by atoms with Crippen LogP contribution >= 0.6 is 22.6 Å². The van der Waals surface area contributed by atoms with Gasteiger partial charge in [-0.1, -0.05) is 18.2 Å². The molecule has 0 spiro atoms. The normalized spacial score (nSPS) is 10.2. The number of halogens is 1. The van der Waals surface area contributed by atoms with E-state index >= 15 is 0 Å². The van der Waals surface area contributed by atoms with E-state index in [2.05, 4.69) is 27.9 Å². The first-order valence-electron chi connectivity index (χ1n) is 6.41. The summed E-state index contributed by atoms with van der Waals surface area (Å²) in [5.74, 6) is 0.830. The van der Waals surface area contributed by atoms with Gasteiger partial charge in [0, 0.05) is 16.2 Å². The molecule has 21 heavy (non-hydrogen) atoms. The topological polar surface area (TPSA) is 64.4 Å².